The van der Waals surface area contributed by atoms with Gasteiger partial charge in [-0.2, -0.15) is 0 Å². The fourth-order valence-electron chi connectivity index (χ4n) is 4.38. The summed E-state index contributed by atoms with van der Waals surface area (Å²) in [5, 5.41) is 14.6. The summed E-state index contributed by atoms with van der Waals surface area (Å²) >= 11 is 0. The largest absolute Gasteiger partial charge is 0.478 e. The van der Waals surface area contributed by atoms with Gasteiger partial charge in [0, 0.05) is 11.6 Å². The Morgan fingerprint density at radius 1 is 0.914 bits per heavy atom. The molecule has 1 atom stereocenters. The Kier molecular flexibility index (Phi) is 6.60. The lowest BCUT2D eigenvalue weighted by Gasteiger charge is -2.30. The van der Waals surface area contributed by atoms with Crippen LogP contribution in [-0.2, 0) is 9.53 Å². The molecule has 0 fully saturated rings. The van der Waals surface area contributed by atoms with Crippen LogP contribution >= 0.6 is 0 Å². The minimum Gasteiger partial charge on any atom is -0.478 e. The standard InChI is InChI=1S/C28H28N2O5/c1-28(2,3)24(25(31)29-18-10-8-9-17(15-18)26(32)33)30-27(34)35-16-23-21-13-6-4-11-19(21)20-12-5-7-14-22(20)23/h4-15,23-24H,16H2,1-3H3,(H,29,31)(H,30,34)(H,32,33). The zero-order valence-corrected chi connectivity index (χ0v) is 19.9. The van der Waals surface area contributed by atoms with E-state index in [2.05, 4.69) is 22.8 Å². The zero-order valence-electron chi connectivity index (χ0n) is 19.9. The summed E-state index contributed by atoms with van der Waals surface area (Å²) < 4.78 is 5.61. The molecule has 0 aliphatic heterocycles. The maximum absolute atomic E-state index is 13.0. The van der Waals surface area contributed by atoms with E-state index in [1.54, 1.807) is 12.1 Å². The first kappa shape index (κ1) is 24.0. The summed E-state index contributed by atoms with van der Waals surface area (Å²) in [5.74, 6) is -1.65. The quantitative estimate of drug-likeness (QED) is 0.453. The Bertz CT molecular complexity index is 1230. The lowest BCUT2D eigenvalue weighted by molar-refractivity contribution is -0.120. The number of benzene rings is 3. The van der Waals surface area contributed by atoms with Crippen molar-refractivity contribution in [2.24, 2.45) is 5.41 Å². The maximum atomic E-state index is 13.0. The summed E-state index contributed by atoms with van der Waals surface area (Å²) in [6.07, 6.45) is -0.693. The number of carbonyl (C=O) groups is 3. The summed E-state index contributed by atoms with van der Waals surface area (Å²) in [6.45, 7) is 5.62. The van der Waals surface area contributed by atoms with Gasteiger partial charge in [-0.25, -0.2) is 9.59 Å². The number of alkyl carbamates (subject to hydrolysis) is 1. The van der Waals surface area contributed by atoms with Gasteiger partial charge in [0.15, 0.2) is 0 Å². The van der Waals surface area contributed by atoms with Crippen molar-refractivity contribution in [2.75, 3.05) is 11.9 Å². The van der Waals surface area contributed by atoms with Crippen LogP contribution in [0.4, 0.5) is 10.5 Å². The van der Waals surface area contributed by atoms with Gasteiger partial charge < -0.3 is 20.5 Å². The van der Waals surface area contributed by atoms with Crippen molar-refractivity contribution in [1.82, 2.24) is 5.32 Å². The molecule has 2 amide bonds. The summed E-state index contributed by atoms with van der Waals surface area (Å²) in [5.41, 5.74) is 4.23. The average molecular weight is 473 g/mol. The van der Waals surface area contributed by atoms with Crippen molar-refractivity contribution in [3.63, 3.8) is 0 Å². The van der Waals surface area contributed by atoms with Crippen LogP contribution in [0.5, 0.6) is 0 Å². The second kappa shape index (κ2) is 9.62. The van der Waals surface area contributed by atoms with Gasteiger partial charge in [-0.05, 0) is 45.9 Å². The predicted octanol–water partition coefficient (Wildman–Crippen LogP) is 5.28. The highest BCUT2D eigenvalue weighted by molar-refractivity contribution is 5.98. The van der Waals surface area contributed by atoms with Gasteiger partial charge in [0.1, 0.15) is 12.6 Å². The first-order valence-corrected chi connectivity index (χ1v) is 11.4. The normalized spacial score (nSPS) is 13.3. The Balaban J connectivity index is 1.45. The van der Waals surface area contributed by atoms with E-state index in [-0.39, 0.29) is 18.1 Å². The molecule has 1 unspecified atom stereocenters. The van der Waals surface area contributed by atoms with Gasteiger partial charge in [-0.15, -0.1) is 0 Å². The summed E-state index contributed by atoms with van der Waals surface area (Å²) in [6, 6.07) is 21.2. The van der Waals surface area contributed by atoms with E-state index in [0.29, 0.717) is 5.69 Å². The Labute approximate surface area is 204 Å². The van der Waals surface area contributed by atoms with Gasteiger partial charge in [-0.3, -0.25) is 4.79 Å². The third-order valence-electron chi connectivity index (χ3n) is 6.11. The fraction of sp³-hybridized carbons (Fsp3) is 0.250. The molecular formula is C28H28N2O5. The molecule has 0 spiro atoms. The van der Waals surface area contributed by atoms with Crippen molar-refractivity contribution < 1.29 is 24.2 Å². The van der Waals surface area contributed by atoms with Crippen LogP contribution in [0.2, 0.25) is 0 Å². The van der Waals surface area contributed by atoms with E-state index in [9.17, 15) is 19.5 Å². The van der Waals surface area contributed by atoms with Crippen molar-refractivity contribution in [3.05, 3.63) is 89.5 Å². The van der Waals surface area contributed by atoms with Gasteiger partial charge in [0.25, 0.3) is 0 Å². The molecule has 35 heavy (non-hydrogen) atoms. The van der Waals surface area contributed by atoms with Crippen molar-refractivity contribution in [1.29, 1.82) is 0 Å². The van der Waals surface area contributed by atoms with Gasteiger partial charge in [0.2, 0.25) is 5.91 Å². The number of nitrogens with one attached hydrogen (secondary N) is 2. The second-order valence-electron chi connectivity index (χ2n) is 9.64. The number of amides is 2. The summed E-state index contributed by atoms with van der Waals surface area (Å²) in [4.78, 5) is 37.1. The predicted molar refractivity (Wildman–Crippen MR) is 133 cm³/mol. The van der Waals surface area contributed by atoms with E-state index in [4.69, 9.17) is 4.74 Å². The number of carboxylic acid groups (broad SMARTS) is 1. The number of carbonyl (C=O) groups excluding carboxylic acids is 2. The van der Waals surface area contributed by atoms with E-state index < -0.39 is 29.4 Å². The van der Waals surface area contributed by atoms with E-state index in [1.165, 1.54) is 12.1 Å². The van der Waals surface area contributed by atoms with Crippen LogP contribution in [0.15, 0.2) is 72.8 Å². The lowest BCUT2D eigenvalue weighted by atomic mass is 9.86. The number of fused-ring (bicyclic) bond motifs is 3. The molecule has 7 nitrogen and oxygen atoms in total. The Morgan fingerprint density at radius 3 is 2.09 bits per heavy atom. The van der Waals surface area contributed by atoms with Gasteiger partial charge in [-0.1, -0.05) is 75.4 Å². The third-order valence-corrected chi connectivity index (χ3v) is 6.11. The van der Waals surface area contributed by atoms with Crippen LogP contribution in [0.3, 0.4) is 0 Å². The van der Waals surface area contributed by atoms with Crippen LogP contribution in [-0.4, -0.2) is 35.7 Å². The highest BCUT2D eigenvalue weighted by Gasteiger charge is 2.34. The number of anilines is 1. The molecule has 3 aromatic carbocycles. The van der Waals surface area contributed by atoms with Crippen LogP contribution in [0.25, 0.3) is 11.1 Å². The molecule has 4 rings (SSSR count). The number of hydrogen-bond acceptors (Lipinski definition) is 4. The number of aromatic carboxylic acids is 1. The SMILES string of the molecule is CC(C)(C)C(NC(=O)OCC1c2ccccc2-c2ccccc21)C(=O)Nc1cccc(C(=O)O)c1. The van der Waals surface area contributed by atoms with Crippen LogP contribution < -0.4 is 10.6 Å². The third kappa shape index (κ3) is 5.19. The molecule has 0 aromatic heterocycles. The molecule has 180 valence electrons. The molecule has 0 heterocycles. The molecule has 0 saturated carbocycles. The first-order valence-electron chi connectivity index (χ1n) is 11.4. The number of carboxylic acids is 1. The fourth-order valence-corrected chi connectivity index (χ4v) is 4.38. The van der Waals surface area contributed by atoms with Crippen molar-refractivity contribution in [2.45, 2.75) is 32.7 Å². The lowest BCUT2D eigenvalue weighted by Crippen LogP contribution is -2.51. The number of ether oxygens (including phenoxy) is 1. The zero-order chi connectivity index (χ0) is 25.2. The maximum Gasteiger partial charge on any atom is 0.407 e. The summed E-state index contributed by atoms with van der Waals surface area (Å²) in [7, 11) is 0. The molecular weight excluding hydrogens is 444 g/mol. The molecule has 1 aliphatic rings. The molecule has 0 radical (unpaired) electrons. The van der Waals surface area contributed by atoms with Gasteiger partial charge in [0.05, 0.1) is 5.56 Å². The smallest absolute Gasteiger partial charge is 0.407 e. The first-order chi connectivity index (χ1) is 16.6. The number of hydrogen-bond donors (Lipinski definition) is 3. The molecule has 3 N–H and O–H groups in total. The molecule has 7 heteroatoms. The van der Waals surface area contributed by atoms with Crippen molar-refractivity contribution >= 4 is 23.7 Å². The topological polar surface area (TPSA) is 105 Å². The Hall–Kier alpha value is -4.13. The Morgan fingerprint density at radius 2 is 1.51 bits per heavy atom. The minimum absolute atomic E-state index is 0.0552. The minimum atomic E-state index is -1.09. The highest BCUT2D eigenvalue weighted by Crippen LogP contribution is 2.44. The van der Waals surface area contributed by atoms with Crippen LogP contribution in [0.1, 0.15) is 48.2 Å². The second-order valence-corrected chi connectivity index (χ2v) is 9.64. The van der Waals surface area contributed by atoms with E-state index in [1.807, 2.05) is 57.2 Å². The molecule has 0 bridgehead atoms. The average Bonchev–Trinajstić information content (AvgIpc) is 3.14. The van der Waals surface area contributed by atoms with Crippen molar-refractivity contribution in [3.8, 4) is 11.1 Å². The molecule has 3 aromatic rings. The number of rotatable bonds is 6. The monoisotopic (exact) mass is 472 g/mol. The molecule has 0 saturated heterocycles. The van der Waals surface area contributed by atoms with Gasteiger partial charge >= 0.3 is 12.1 Å². The molecule has 1 aliphatic carbocycles. The highest BCUT2D eigenvalue weighted by atomic mass is 16.5. The van der Waals surface area contributed by atoms with E-state index in [0.717, 1.165) is 22.3 Å². The van der Waals surface area contributed by atoms with E-state index >= 15 is 0 Å². The van der Waals surface area contributed by atoms with Crippen LogP contribution in [0, 0.1) is 5.41 Å².